The molecule has 5 nitrogen and oxygen atoms in total. The fraction of sp³-hybridized carbons (Fsp3) is 0.360. The molecule has 2 aromatic carbocycles. The number of hydrogen-bond acceptors (Lipinski definition) is 4. The number of para-hydroxylation sites is 2. The van der Waals surface area contributed by atoms with E-state index in [4.69, 9.17) is 9.47 Å². The third-order valence-electron chi connectivity index (χ3n) is 6.38. The van der Waals surface area contributed by atoms with E-state index in [1.165, 1.54) is 12.0 Å². The Morgan fingerprint density at radius 1 is 1.10 bits per heavy atom. The van der Waals surface area contributed by atoms with Crippen molar-refractivity contribution < 1.29 is 14.3 Å². The number of benzene rings is 2. The van der Waals surface area contributed by atoms with Crippen LogP contribution in [-0.4, -0.2) is 25.3 Å². The molecular weight excluding hydrogens is 376 g/mol. The van der Waals surface area contributed by atoms with Crippen molar-refractivity contribution in [1.82, 2.24) is 5.43 Å². The summed E-state index contributed by atoms with van der Waals surface area (Å²) < 4.78 is 11.4. The van der Waals surface area contributed by atoms with Crippen LogP contribution in [0.5, 0.6) is 11.5 Å². The Morgan fingerprint density at radius 3 is 2.60 bits per heavy atom. The number of hydrogen-bond donors (Lipinski definition) is 1. The second-order valence-corrected chi connectivity index (χ2v) is 8.45. The number of amides is 1. The predicted octanol–water partition coefficient (Wildman–Crippen LogP) is 4.85. The van der Waals surface area contributed by atoms with Gasteiger partial charge >= 0.3 is 0 Å². The van der Waals surface area contributed by atoms with Gasteiger partial charge in [0.1, 0.15) is 24.7 Å². The summed E-state index contributed by atoms with van der Waals surface area (Å²) in [6, 6.07) is 16.7. The molecule has 1 saturated carbocycles. The molecule has 2 aromatic rings. The third kappa shape index (κ3) is 4.25. The molecule has 30 heavy (non-hydrogen) atoms. The minimum absolute atomic E-state index is 0.284. The average molecular weight is 405 g/mol. The summed E-state index contributed by atoms with van der Waals surface area (Å²) in [5.74, 6) is 2.34. The summed E-state index contributed by atoms with van der Waals surface area (Å²) in [5, 5.41) is 4.22. The fourth-order valence-corrected chi connectivity index (χ4v) is 4.38. The van der Waals surface area contributed by atoms with Crippen molar-refractivity contribution >= 4 is 12.1 Å². The van der Waals surface area contributed by atoms with Crippen molar-refractivity contribution in [3.05, 3.63) is 71.8 Å². The van der Waals surface area contributed by atoms with Crippen LogP contribution in [0.25, 0.3) is 0 Å². The molecular formula is C25H28N2O3. The van der Waals surface area contributed by atoms with E-state index in [9.17, 15) is 4.79 Å². The topological polar surface area (TPSA) is 59.9 Å². The SMILES string of the molecule is CC1(C)[C@H]2CC=C(/C=N\NC(=O)c3ccccc3OCCOc3ccccc3)[C@@H]1C2. The zero-order chi connectivity index (χ0) is 21.0. The van der Waals surface area contributed by atoms with E-state index in [2.05, 4.69) is 30.5 Å². The van der Waals surface area contributed by atoms with E-state index in [-0.39, 0.29) is 5.91 Å². The zero-order valence-electron chi connectivity index (χ0n) is 17.5. The molecule has 0 radical (unpaired) electrons. The van der Waals surface area contributed by atoms with Gasteiger partial charge in [-0.3, -0.25) is 4.79 Å². The van der Waals surface area contributed by atoms with Gasteiger partial charge in [-0.2, -0.15) is 5.10 Å². The Labute approximate surface area is 177 Å². The highest BCUT2D eigenvalue weighted by Gasteiger charge is 2.50. The van der Waals surface area contributed by atoms with Crippen molar-refractivity contribution in [1.29, 1.82) is 0 Å². The summed E-state index contributed by atoms with van der Waals surface area (Å²) in [6.45, 7) is 5.37. The molecule has 156 valence electrons. The van der Waals surface area contributed by atoms with E-state index in [0.29, 0.717) is 35.9 Å². The van der Waals surface area contributed by atoms with Crippen molar-refractivity contribution in [2.45, 2.75) is 26.7 Å². The fourth-order valence-electron chi connectivity index (χ4n) is 4.38. The van der Waals surface area contributed by atoms with Crippen LogP contribution in [0.2, 0.25) is 0 Å². The summed E-state index contributed by atoms with van der Waals surface area (Å²) >= 11 is 0. The monoisotopic (exact) mass is 404 g/mol. The van der Waals surface area contributed by atoms with Gasteiger partial charge in [0, 0.05) is 0 Å². The highest BCUT2D eigenvalue weighted by Crippen LogP contribution is 2.58. The molecule has 0 unspecified atom stereocenters. The zero-order valence-corrected chi connectivity index (χ0v) is 17.5. The van der Waals surface area contributed by atoms with Crippen LogP contribution >= 0.6 is 0 Å². The van der Waals surface area contributed by atoms with E-state index < -0.39 is 0 Å². The largest absolute Gasteiger partial charge is 0.490 e. The number of carbonyl (C=O) groups excluding carboxylic acids is 1. The van der Waals surface area contributed by atoms with Crippen LogP contribution < -0.4 is 14.9 Å². The summed E-state index contributed by atoms with van der Waals surface area (Å²) in [7, 11) is 0. The Balaban J connectivity index is 1.30. The molecule has 3 aliphatic carbocycles. The van der Waals surface area contributed by atoms with Gasteiger partial charge in [-0.15, -0.1) is 0 Å². The van der Waals surface area contributed by atoms with E-state index in [1.807, 2.05) is 42.5 Å². The van der Waals surface area contributed by atoms with Crippen LogP contribution in [0.15, 0.2) is 71.3 Å². The molecule has 0 aliphatic heterocycles. The average Bonchev–Trinajstić information content (AvgIpc) is 2.77. The van der Waals surface area contributed by atoms with E-state index >= 15 is 0 Å². The van der Waals surface area contributed by atoms with Gasteiger partial charge < -0.3 is 9.47 Å². The molecule has 0 aromatic heterocycles. The van der Waals surface area contributed by atoms with Crippen LogP contribution in [-0.2, 0) is 0 Å². The van der Waals surface area contributed by atoms with Gasteiger partial charge in [0.05, 0.1) is 11.8 Å². The van der Waals surface area contributed by atoms with Gasteiger partial charge in [-0.25, -0.2) is 5.43 Å². The second-order valence-electron chi connectivity index (χ2n) is 8.45. The molecule has 0 saturated heterocycles. The number of rotatable bonds is 8. The number of fused-ring (bicyclic) bond motifs is 1. The third-order valence-corrected chi connectivity index (χ3v) is 6.38. The summed E-state index contributed by atoms with van der Waals surface area (Å²) in [6.07, 6.45) is 6.38. The molecule has 1 amide bonds. The maximum atomic E-state index is 12.6. The van der Waals surface area contributed by atoms with Gasteiger partial charge in [0.2, 0.25) is 0 Å². The number of hydrazone groups is 1. The van der Waals surface area contributed by atoms with Crippen LogP contribution in [0.3, 0.4) is 0 Å². The van der Waals surface area contributed by atoms with Crippen LogP contribution in [0.1, 0.15) is 37.0 Å². The first-order valence-electron chi connectivity index (χ1n) is 10.5. The lowest BCUT2D eigenvalue weighted by Crippen LogP contribution is -2.48. The predicted molar refractivity (Wildman–Crippen MR) is 118 cm³/mol. The number of carbonyl (C=O) groups is 1. The second kappa shape index (κ2) is 8.74. The minimum Gasteiger partial charge on any atom is -0.490 e. The number of allylic oxidation sites excluding steroid dienone is 2. The smallest absolute Gasteiger partial charge is 0.275 e. The minimum atomic E-state index is -0.284. The molecule has 3 aliphatic rings. The molecule has 0 heterocycles. The first-order chi connectivity index (χ1) is 14.6. The Morgan fingerprint density at radius 2 is 1.83 bits per heavy atom. The van der Waals surface area contributed by atoms with E-state index in [0.717, 1.165) is 18.1 Å². The lowest BCUT2D eigenvalue weighted by atomic mass is 9.49. The van der Waals surface area contributed by atoms with Crippen molar-refractivity contribution in [2.24, 2.45) is 22.4 Å². The standard InChI is InChI=1S/C25H28N2O3/c1-25(2)19-13-12-18(22(25)16-19)17-26-27-24(28)21-10-6-7-11-23(21)30-15-14-29-20-8-4-3-5-9-20/h3-12,17,19,22H,13-16H2,1-2H3,(H,27,28)/b26-17-/t19-,22-/m0/s1. The maximum Gasteiger partial charge on any atom is 0.275 e. The van der Waals surface area contributed by atoms with Gasteiger partial charge in [-0.1, -0.05) is 50.3 Å². The van der Waals surface area contributed by atoms with Crippen molar-refractivity contribution in [3.63, 3.8) is 0 Å². The lowest BCUT2D eigenvalue weighted by molar-refractivity contribution is -0.00126. The lowest BCUT2D eigenvalue weighted by Gasteiger charge is -2.55. The number of nitrogens with one attached hydrogen (secondary N) is 1. The van der Waals surface area contributed by atoms with Crippen LogP contribution in [0.4, 0.5) is 0 Å². The number of ether oxygens (including phenoxy) is 2. The van der Waals surface area contributed by atoms with Gasteiger partial charge in [0.25, 0.3) is 5.91 Å². The highest BCUT2D eigenvalue weighted by atomic mass is 16.5. The van der Waals surface area contributed by atoms with Gasteiger partial charge in [-0.05, 0) is 59.9 Å². The van der Waals surface area contributed by atoms with Crippen molar-refractivity contribution in [2.75, 3.05) is 13.2 Å². The molecule has 1 N–H and O–H groups in total. The Bertz CT molecular complexity index is 950. The maximum absolute atomic E-state index is 12.6. The quantitative estimate of drug-likeness (QED) is 0.389. The first kappa shape index (κ1) is 20.2. The summed E-state index contributed by atoms with van der Waals surface area (Å²) in [5.41, 5.74) is 4.66. The Hall–Kier alpha value is -3.08. The van der Waals surface area contributed by atoms with Crippen molar-refractivity contribution in [3.8, 4) is 11.5 Å². The summed E-state index contributed by atoms with van der Waals surface area (Å²) in [4.78, 5) is 12.6. The normalized spacial score (nSPS) is 21.5. The molecule has 2 atom stereocenters. The molecule has 2 bridgehead atoms. The Kier molecular flexibility index (Phi) is 5.88. The molecule has 1 fully saturated rings. The van der Waals surface area contributed by atoms with Crippen LogP contribution in [0, 0.1) is 17.3 Å². The first-order valence-corrected chi connectivity index (χ1v) is 10.5. The van der Waals surface area contributed by atoms with E-state index in [1.54, 1.807) is 18.3 Å². The molecule has 5 rings (SSSR count). The molecule has 0 spiro atoms. The molecule has 5 heteroatoms. The van der Waals surface area contributed by atoms with Gasteiger partial charge in [0.15, 0.2) is 0 Å². The highest BCUT2D eigenvalue weighted by molar-refractivity contribution is 5.97. The number of nitrogens with zero attached hydrogens (tertiary/aromatic N) is 1.